The lowest BCUT2D eigenvalue weighted by Gasteiger charge is -2.19. The molecule has 0 fully saturated rings. The van der Waals surface area contributed by atoms with Crippen molar-refractivity contribution in [1.29, 1.82) is 0 Å². The molecule has 2 unspecified atom stereocenters. The predicted octanol–water partition coefficient (Wildman–Crippen LogP) is 2.88. The van der Waals surface area contributed by atoms with E-state index < -0.39 is 0 Å². The third-order valence-electron chi connectivity index (χ3n) is 2.93. The minimum absolute atomic E-state index is 0.177. The molecule has 1 aliphatic heterocycles. The Labute approximate surface area is 102 Å². The fourth-order valence-electron chi connectivity index (χ4n) is 2.08. The molecule has 2 rings (SSSR count). The second-order valence-electron chi connectivity index (χ2n) is 4.05. The Balaban J connectivity index is 2.14. The van der Waals surface area contributed by atoms with Crippen molar-refractivity contribution in [2.45, 2.75) is 30.2 Å². The summed E-state index contributed by atoms with van der Waals surface area (Å²) in [6, 6.07) is 8.77. The number of rotatable bonds is 4. The van der Waals surface area contributed by atoms with Crippen LogP contribution in [0, 0.1) is 12.3 Å². The van der Waals surface area contributed by atoms with Crippen molar-refractivity contribution in [3.63, 3.8) is 0 Å². The second kappa shape index (κ2) is 5.43. The van der Waals surface area contributed by atoms with E-state index >= 15 is 0 Å². The molecule has 2 atom stereocenters. The minimum atomic E-state index is 0.177. The van der Waals surface area contributed by atoms with Gasteiger partial charge in [-0.3, -0.25) is 0 Å². The van der Waals surface area contributed by atoms with Crippen LogP contribution >= 0.6 is 11.8 Å². The normalized spacial score (nSPS) is 20.1. The van der Waals surface area contributed by atoms with Gasteiger partial charge in [0.25, 0.3) is 0 Å². The highest BCUT2D eigenvalue weighted by atomic mass is 32.2. The van der Waals surface area contributed by atoms with Gasteiger partial charge >= 0.3 is 0 Å². The summed E-state index contributed by atoms with van der Waals surface area (Å²) in [5.74, 6) is 4.47. The van der Waals surface area contributed by atoms with Crippen LogP contribution in [-0.4, -0.2) is 18.3 Å². The summed E-state index contributed by atoms with van der Waals surface area (Å²) < 4.78 is 0. The zero-order valence-corrected chi connectivity index (χ0v) is 10.4. The van der Waals surface area contributed by atoms with Crippen LogP contribution < -0.4 is 5.32 Å². The van der Waals surface area contributed by atoms with Gasteiger partial charge in [0.15, 0.2) is 0 Å². The maximum absolute atomic E-state index is 5.63. The summed E-state index contributed by atoms with van der Waals surface area (Å²) in [6.07, 6.45) is 6.75. The molecule has 0 saturated carbocycles. The van der Waals surface area contributed by atoms with Crippen molar-refractivity contribution in [1.82, 2.24) is 5.32 Å². The standard InChI is InChI=1S/C14H17NS/c1-3-9-15-13(4-2)12-10-16-14-8-6-5-7-11(12)14/h2,5-8,12-13,15H,3,9-10H2,1H3. The molecule has 1 heterocycles. The molecule has 0 aliphatic carbocycles. The molecule has 1 nitrogen and oxygen atoms in total. The maximum atomic E-state index is 5.63. The van der Waals surface area contributed by atoms with E-state index in [4.69, 9.17) is 6.42 Å². The molecule has 1 aliphatic rings. The molecule has 2 heteroatoms. The molecule has 0 saturated heterocycles. The lowest BCUT2D eigenvalue weighted by molar-refractivity contribution is 0.539. The quantitative estimate of drug-likeness (QED) is 0.800. The Morgan fingerprint density at radius 2 is 2.38 bits per heavy atom. The van der Waals surface area contributed by atoms with E-state index in [0.29, 0.717) is 5.92 Å². The van der Waals surface area contributed by atoms with E-state index in [2.05, 4.69) is 42.4 Å². The van der Waals surface area contributed by atoms with Gasteiger partial charge in [-0.25, -0.2) is 0 Å². The van der Waals surface area contributed by atoms with Crippen molar-refractivity contribution in [3.8, 4) is 12.3 Å². The van der Waals surface area contributed by atoms with Gasteiger partial charge in [-0.05, 0) is 24.6 Å². The van der Waals surface area contributed by atoms with Crippen molar-refractivity contribution < 1.29 is 0 Å². The molecular weight excluding hydrogens is 214 g/mol. The molecule has 0 radical (unpaired) electrons. The Bertz CT molecular complexity index is 394. The van der Waals surface area contributed by atoms with Crippen molar-refractivity contribution >= 4 is 11.8 Å². The zero-order valence-electron chi connectivity index (χ0n) is 9.57. The van der Waals surface area contributed by atoms with E-state index in [1.807, 2.05) is 11.8 Å². The van der Waals surface area contributed by atoms with E-state index in [1.165, 1.54) is 10.5 Å². The average molecular weight is 231 g/mol. The monoisotopic (exact) mass is 231 g/mol. The Kier molecular flexibility index (Phi) is 3.93. The highest BCUT2D eigenvalue weighted by Gasteiger charge is 2.28. The molecule has 0 spiro atoms. The zero-order chi connectivity index (χ0) is 11.4. The SMILES string of the molecule is C#CC(NCCC)C1CSc2ccccc21. The Morgan fingerprint density at radius 1 is 1.56 bits per heavy atom. The van der Waals surface area contributed by atoms with Gasteiger partial charge in [0, 0.05) is 16.6 Å². The molecule has 1 N–H and O–H groups in total. The fourth-order valence-corrected chi connectivity index (χ4v) is 3.37. The van der Waals surface area contributed by atoms with Gasteiger partial charge in [-0.1, -0.05) is 31.0 Å². The smallest absolute Gasteiger partial charge is 0.0764 e. The number of hydrogen-bond donors (Lipinski definition) is 1. The van der Waals surface area contributed by atoms with Gasteiger partial charge in [-0.15, -0.1) is 18.2 Å². The first-order valence-electron chi connectivity index (χ1n) is 5.78. The lowest BCUT2D eigenvalue weighted by atomic mass is 9.94. The summed E-state index contributed by atoms with van der Waals surface area (Å²) in [5, 5.41) is 3.45. The van der Waals surface area contributed by atoms with Crippen molar-refractivity contribution in [2.24, 2.45) is 0 Å². The van der Waals surface area contributed by atoms with Crippen LogP contribution in [0.4, 0.5) is 0 Å². The van der Waals surface area contributed by atoms with Crippen LogP contribution in [0.3, 0.4) is 0 Å². The van der Waals surface area contributed by atoms with Crippen molar-refractivity contribution in [2.75, 3.05) is 12.3 Å². The summed E-state index contributed by atoms with van der Waals surface area (Å²) >= 11 is 1.92. The first-order chi connectivity index (χ1) is 7.86. The van der Waals surface area contributed by atoms with E-state index in [9.17, 15) is 0 Å². The highest BCUT2D eigenvalue weighted by molar-refractivity contribution is 7.99. The van der Waals surface area contributed by atoms with Crippen LogP contribution in [0.25, 0.3) is 0 Å². The van der Waals surface area contributed by atoms with Crippen LogP contribution in [-0.2, 0) is 0 Å². The summed E-state index contributed by atoms with van der Waals surface area (Å²) in [7, 11) is 0. The number of thioether (sulfide) groups is 1. The van der Waals surface area contributed by atoms with Crippen LogP contribution in [0.15, 0.2) is 29.2 Å². The average Bonchev–Trinajstić information content (AvgIpc) is 2.75. The van der Waals surface area contributed by atoms with Gasteiger partial charge in [0.2, 0.25) is 0 Å². The molecule has 1 aromatic carbocycles. The summed E-state index contributed by atoms with van der Waals surface area (Å²) in [5.41, 5.74) is 1.42. The Morgan fingerprint density at radius 3 is 3.12 bits per heavy atom. The maximum Gasteiger partial charge on any atom is 0.0764 e. The lowest BCUT2D eigenvalue weighted by Crippen LogP contribution is -2.34. The van der Waals surface area contributed by atoms with E-state index in [1.54, 1.807) is 0 Å². The number of nitrogens with one attached hydrogen (secondary N) is 1. The first-order valence-corrected chi connectivity index (χ1v) is 6.76. The number of terminal acetylenes is 1. The molecule has 1 aromatic rings. The third kappa shape index (κ3) is 2.26. The largest absolute Gasteiger partial charge is 0.303 e. The Hall–Kier alpha value is -0.910. The molecular formula is C14H17NS. The van der Waals surface area contributed by atoms with Gasteiger partial charge in [-0.2, -0.15) is 0 Å². The van der Waals surface area contributed by atoms with Crippen LogP contribution in [0.2, 0.25) is 0 Å². The highest BCUT2D eigenvalue weighted by Crippen LogP contribution is 2.40. The molecule has 0 bridgehead atoms. The minimum Gasteiger partial charge on any atom is -0.303 e. The molecule has 0 aromatic heterocycles. The molecule has 0 amide bonds. The number of fused-ring (bicyclic) bond motifs is 1. The van der Waals surface area contributed by atoms with Crippen LogP contribution in [0.5, 0.6) is 0 Å². The first kappa shape index (κ1) is 11.6. The summed E-state index contributed by atoms with van der Waals surface area (Å²) in [6.45, 7) is 3.16. The number of hydrogen-bond acceptors (Lipinski definition) is 2. The number of benzene rings is 1. The topological polar surface area (TPSA) is 12.0 Å². The molecule has 16 heavy (non-hydrogen) atoms. The fraction of sp³-hybridized carbons (Fsp3) is 0.429. The molecule has 84 valence electrons. The van der Waals surface area contributed by atoms with Crippen LogP contribution in [0.1, 0.15) is 24.8 Å². The van der Waals surface area contributed by atoms with E-state index in [-0.39, 0.29) is 6.04 Å². The third-order valence-corrected chi connectivity index (χ3v) is 4.14. The second-order valence-corrected chi connectivity index (χ2v) is 5.12. The predicted molar refractivity (Wildman–Crippen MR) is 70.8 cm³/mol. The van der Waals surface area contributed by atoms with E-state index in [0.717, 1.165) is 18.7 Å². The van der Waals surface area contributed by atoms with Crippen molar-refractivity contribution in [3.05, 3.63) is 29.8 Å². The van der Waals surface area contributed by atoms with Gasteiger partial charge in [0.1, 0.15) is 0 Å². The van der Waals surface area contributed by atoms with Gasteiger partial charge in [0.05, 0.1) is 6.04 Å². The van der Waals surface area contributed by atoms with Gasteiger partial charge < -0.3 is 5.32 Å². The summed E-state index contributed by atoms with van der Waals surface area (Å²) in [4.78, 5) is 1.39.